The molecule has 96 valence electrons. The van der Waals surface area contributed by atoms with Crippen molar-refractivity contribution in [1.82, 2.24) is 5.32 Å². The topological polar surface area (TPSA) is 12.0 Å². The Morgan fingerprint density at radius 2 is 1.94 bits per heavy atom. The number of hydrogen-bond donors (Lipinski definition) is 1. The summed E-state index contributed by atoms with van der Waals surface area (Å²) in [4.78, 5) is 0. The van der Waals surface area contributed by atoms with Crippen molar-refractivity contribution in [1.29, 1.82) is 0 Å². The van der Waals surface area contributed by atoms with E-state index in [9.17, 15) is 0 Å². The average molecular weight is 225 g/mol. The molecule has 0 saturated heterocycles. The van der Waals surface area contributed by atoms with Gasteiger partial charge >= 0.3 is 0 Å². The van der Waals surface area contributed by atoms with Crippen LogP contribution in [0.3, 0.4) is 0 Å². The molecule has 0 aromatic rings. The lowest BCUT2D eigenvalue weighted by Crippen LogP contribution is -2.41. The second-order valence-corrected chi connectivity index (χ2v) is 6.04. The lowest BCUT2D eigenvalue weighted by Gasteiger charge is -2.37. The molecule has 0 heterocycles. The van der Waals surface area contributed by atoms with Crippen LogP contribution >= 0.6 is 0 Å². The van der Waals surface area contributed by atoms with Crippen LogP contribution < -0.4 is 5.32 Å². The third-order valence-corrected chi connectivity index (χ3v) is 4.10. The third kappa shape index (κ3) is 4.45. The fraction of sp³-hybridized carbons (Fsp3) is 1.00. The summed E-state index contributed by atoms with van der Waals surface area (Å²) in [6.45, 7) is 10.6. The summed E-state index contributed by atoms with van der Waals surface area (Å²) in [5, 5.41) is 3.77. The zero-order chi connectivity index (χ0) is 12.0. The maximum absolute atomic E-state index is 3.77. The number of nitrogens with one attached hydrogen (secondary N) is 1. The highest BCUT2D eigenvalue weighted by Gasteiger charge is 2.29. The molecular weight excluding hydrogens is 194 g/mol. The van der Waals surface area contributed by atoms with E-state index in [4.69, 9.17) is 0 Å². The Morgan fingerprint density at radius 1 is 1.19 bits per heavy atom. The molecular formula is C15H31N. The maximum atomic E-state index is 3.77. The van der Waals surface area contributed by atoms with Crippen molar-refractivity contribution in [2.24, 2.45) is 17.8 Å². The molecule has 3 atom stereocenters. The van der Waals surface area contributed by atoms with Crippen molar-refractivity contribution < 1.29 is 0 Å². The van der Waals surface area contributed by atoms with E-state index in [2.05, 4.69) is 33.0 Å². The van der Waals surface area contributed by atoms with Gasteiger partial charge in [-0.3, -0.25) is 0 Å². The fourth-order valence-electron chi connectivity index (χ4n) is 3.20. The van der Waals surface area contributed by atoms with Crippen LogP contribution in [0.5, 0.6) is 0 Å². The molecule has 0 aromatic heterocycles. The van der Waals surface area contributed by atoms with Gasteiger partial charge in [0.1, 0.15) is 0 Å². The first-order valence-electron chi connectivity index (χ1n) is 7.40. The van der Waals surface area contributed by atoms with Crippen LogP contribution in [0.1, 0.15) is 66.2 Å². The first-order chi connectivity index (χ1) is 7.67. The van der Waals surface area contributed by atoms with Crippen molar-refractivity contribution in [3.63, 3.8) is 0 Å². The van der Waals surface area contributed by atoms with Gasteiger partial charge in [-0.25, -0.2) is 0 Å². The van der Waals surface area contributed by atoms with Crippen LogP contribution in [0.25, 0.3) is 0 Å². The van der Waals surface area contributed by atoms with Crippen LogP contribution in [0.15, 0.2) is 0 Å². The largest absolute Gasteiger partial charge is 0.314 e. The van der Waals surface area contributed by atoms with Crippen molar-refractivity contribution >= 4 is 0 Å². The van der Waals surface area contributed by atoms with E-state index in [0.717, 1.165) is 23.8 Å². The predicted octanol–water partition coefficient (Wildman–Crippen LogP) is 4.23. The van der Waals surface area contributed by atoms with Crippen LogP contribution in [-0.2, 0) is 0 Å². The first-order valence-corrected chi connectivity index (χ1v) is 7.40. The molecule has 1 nitrogen and oxygen atoms in total. The molecule has 0 aliphatic heterocycles. The Kier molecular flexibility index (Phi) is 6.41. The summed E-state index contributed by atoms with van der Waals surface area (Å²) in [5.74, 6) is 2.79. The Balaban J connectivity index is 2.46. The molecule has 0 bridgehead atoms. The molecule has 1 heteroatoms. The van der Waals surface area contributed by atoms with Crippen molar-refractivity contribution in [3.05, 3.63) is 0 Å². The van der Waals surface area contributed by atoms with Gasteiger partial charge in [-0.1, -0.05) is 34.1 Å². The Labute approximate surface area is 102 Å². The van der Waals surface area contributed by atoms with Gasteiger partial charge in [0, 0.05) is 6.04 Å². The van der Waals surface area contributed by atoms with E-state index in [0.29, 0.717) is 0 Å². The van der Waals surface area contributed by atoms with E-state index in [1.165, 1.54) is 45.1 Å². The summed E-state index contributed by atoms with van der Waals surface area (Å²) in [6.07, 6.45) is 8.40. The molecule has 16 heavy (non-hydrogen) atoms. The van der Waals surface area contributed by atoms with Gasteiger partial charge in [0.25, 0.3) is 0 Å². The Hall–Kier alpha value is -0.0400. The second kappa shape index (κ2) is 7.32. The Bertz CT molecular complexity index is 176. The van der Waals surface area contributed by atoms with Crippen molar-refractivity contribution in [2.45, 2.75) is 72.3 Å². The zero-order valence-electron chi connectivity index (χ0n) is 11.8. The maximum Gasteiger partial charge on any atom is 0.00956 e. The molecule has 1 fully saturated rings. The summed E-state index contributed by atoms with van der Waals surface area (Å²) in [7, 11) is 0. The lowest BCUT2D eigenvalue weighted by atomic mass is 9.74. The third-order valence-electron chi connectivity index (χ3n) is 4.10. The van der Waals surface area contributed by atoms with Gasteiger partial charge in [-0.15, -0.1) is 0 Å². The van der Waals surface area contributed by atoms with E-state index in [1.807, 2.05) is 0 Å². The highest BCUT2D eigenvalue weighted by molar-refractivity contribution is 4.84. The summed E-state index contributed by atoms with van der Waals surface area (Å²) < 4.78 is 0. The van der Waals surface area contributed by atoms with Gasteiger partial charge in [-0.2, -0.15) is 0 Å². The Morgan fingerprint density at radius 3 is 2.50 bits per heavy atom. The predicted molar refractivity (Wildman–Crippen MR) is 72.7 cm³/mol. The molecule has 0 radical (unpaired) electrons. The number of hydrogen-bond acceptors (Lipinski definition) is 1. The SMILES string of the molecule is CCCNC1CCC(CC)CC1CC(C)C. The van der Waals surface area contributed by atoms with Crippen molar-refractivity contribution in [3.8, 4) is 0 Å². The second-order valence-electron chi connectivity index (χ2n) is 6.04. The number of rotatable bonds is 6. The standard InChI is InChI=1S/C15H31N/c1-5-9-16-15-8-7-13(6-2)11-14(15)10-12(3)4/h12-16H,5-11H2,1-4H3. The van der Waals surface area contributed by atoms with Gasteiger partial charge < -0.3 is 5.32 Å². The van der Waals surface area contributed by atoms with E-state index in [1.54, 1.807) is 0 Å². The van der Waals surface area contributed by atoms with Crippen LogP contribution in [-0.4, -0.2) is 12.6 Å². The molecule has 1 saturated carbocycles. The quantitative estimate of drug-likeness (QED) is 0.713. The van der Waals surface area contributed by atoms with E-state index in [-0.39, 0.29) is 0 Å². The minimum atomic E-state index is 0.810. The monoisotopic (exact) mass is 225 g/mol. The van der Waals surface area contributed by atoms with Crippen LogP contribution in [0.4, 0.5) is 0 Å². The highest BCUT2D eigenvalue weighted by Crippen LogP contribution is 2.34. The average Bonchev–Trinajstić information content (AvgIpc) is 2.26. The molecule has 0 amide bonds. The van der Waals surface area contributed by atoms with E-state index >= 15 is 0 Å². The molecule has 0 aromatic carbocycles. The summed E-state index contributed by atoms with van der Waals surface area (Å²) in [6, 6.07) is 0.810. The molecule has 1 aliphatic rings. The molecule has 3 unspecified atom stereocenters. The van der Waals surface area contributed by atoms with Gasteiger partial charge in [0.2, 0.25) is 0 Å². The van der Waals surface area contributed by atoms with Gasteiger partial charge in [0.15, 0.2) is 0 Å². The fourth-order valence-corrected chi connectivity index (χ4v) is 3.20. The molecule has 0 spiro atoms. The normalized spacial score (nSPS) is 30.9. The minimum absolute atomic E-state index is 0.810. The molecule has 1 aliphatic carbocycles. The van der Waals surface area contributed by atoms with Gasteiger partial charge in [0.05, 0.1) is 0 Å². The summed E-state index contributed by atoms with van der Waals surface area (Å²) >= 11 is 0. The molecule has 1 N–H and O–H groups in total. The smallest absolute Gasteiger partial charge is 0.00956 e. The van der Waals surface area contributed by atoms with Crippen LogP contribution in [0.2, 0.25) is 0 Å². The molecule has 1 rings (SSSR count). The first kappa shape index (κ1) is 14.0. The minimum Gasteiger partial charge on any atom is -0.314 e. The van der Waals surface area contributed by atoms with E-state index < -0.39 is 0 Å². The lowest BCUT2D eigenvalue weighted by molar-refractivity contribution is 0.176. The van der Waals surface area contributed by atoms with Crippen molar-refractivity contribution in [2.75, 3.05) is 6.54 Å². The summed E-state index contributed by atoms with van der Waals surface area (Å²) in [5.41, 5.74) is 0. The highest BCUT2D eigenvalue weighted by atomic mass is 14.9. The zero-order valence-corrected chi connectivity index (χ0v) is 11.8. The van der Waals surface area contributed by atoms with Gasteiger partial charge in [-0.05, 0) is 56.4 Å². The van der Waals surface area contributed by atoms with Crippen LogP contribution in [0, 0.1) is 17.8 Å².